The number of fused-ring (bicyclic) bond motifs is 15. The highest BCUT2D eigenvalue weighted by Crippen LogP contribution is 2.47. The molecule has 1 saturated heterocycles. The molecule has 3 aromatic rings. The van der Waals surface area contributed by atoms with Crippen molar-refractivity contribution in [3.63, 3.8) is 0 Å². The predicted octanol–water partition coefficient (Wildman–Crippen LogP) is 2.05. The van der Waals surface area contributed by atoms with E-state index in [4.69, 9.17) is 50.6 Å². The van der Waals surface area contributed by atoms with E-state index in [0.717, 1.165) is 6.08 Å². The van der Waals surface area contributed by atoms with E-state index >= 15 is 4.79 Å². The Balaban J connectivity index is 1.33. The minimum atomic E-state index is -2.19. The number of nitrogens with two attached hydrogens (primary N) is 1. The molecule has 5 heterocycles. The Morgan fingerprint density at radius 1 is 0.787 bits per heavy atom. The van der Waals surface area contributed by atoms with Crippen molar-refractivity contribution in [3.8, 4) is 28.7 Å². The number of likely N-dealkylation sites (N-methyl/N-ethyl adjacent to an activating group) is 1. The van der Waals surface area contributed by atoms with E-state index in [0.29, 0.717) is 6.42 Å². The van der Waals surface area contributed by atoms with Crippen molar-refractivity contribution in [3.05, 3.63) is 122 Å². The number of halogens is 2. The smallest absolute Gasteiger partial charge is 0.325 e. The number of carboxylic acid groups (broad SMARTS) is 1. The first kappa shape index (κ1) is 58.8. The number of aliphatic carboxylic acids is 1. The molecule has 5 aliphatic heterocycles. The summed E-state index contributed by atoms with van der Waals surface area (Å²) in [5.41, 5.74) is 5.07. The number of aromatic hydroxyl groups is 1. The molecule has 426 valence electrons. The van der Waals surface area contributed by atoms with Crippen molar-refractivity contribution in [2.75, 3.05) is 7.05 Å². The van der Waals surface area contributed by atoms with Crippen LogP contribution in [0.25, 0.3) is 0 Å². The van der Waals surface area contributed by atoms with Crippen molar-refractivity contribution in [1.82, 2.24) is 37.2 Å². The summed E-state index contributed by atoms with van der Waals surface area (Å²) in [4.78, 5) is 83.8. The van der Waals surface area contributed by atoms with Crippen LogP contribution in [0.3, 0.4) is 0 Å². The highest BCUT2D eigenvalue weighted by atomic mass is 35.5. The lowest BCUT2D eigenvalue weighted by molar-refractivity contribution is -0.140. The van der Waals surface area contributed by atoms with Gasteiger partial charge in [-0.3, -0.25) is 34.1 Å². The first-order chi connectivity index (χ1) is 37.8. The molecule has 17 N–H and O–H groups in total. The van der Waals surface area contributed by atoms with Crippen LogP contribution < -0.4 is 52.4 Å². The summed E-state index contributed by atoms with van der Waals surface area (Å²) in [5.74, 6) is -11.0. The van der Waals surface area contributed by atoms with Crippen LogP contribution >= 0.6 is 35.4 Å². The number of aliphatic hydroxyl groups is 6. The number of carbonyl (C=O) groups excluding carboxylic acids is 5. The Morgan fingerprint density at radius 3 is 1.99 bits per heavy atom. The molecule has 3 aromatic carbocycles. The SMILES string of the molecule is CN[C@H](CC(C)C)C(=O)N[C@H]1C(=O)N[C@@H](CC(N)=O)C(=O)N[C@H]2C(=S)N[C@H]3C(=O)N[C@H](C(O)N[C@H](C(=O)O)C4=CC(O)CC(O)=C4C4CC3=CC=C4O)[C@H](O)c3ccc(c(Cl)c3)Oc3cc2cc(c3O)Oc2ccc(cc2Cl)[C@H]1O. The molecular formula is C53H58Cl2N8O16S. The number of carbonyl (C=O) groups is 6. The lowest BCUT2D eigenvalue weighted by Gasteiger charge is -2.38. The second kappa shape index (κ2) is 24.2. The van der Waals surface area contributed by atoms with E-state index in [1.807, 2.05) is 13.8 Å². The van der Waals surface area contributed by atoms with E-state index < -0.39 is 155 Å². The highest BCUT2D eigenvalue weighted by Gasteiger charge is 2.44. The second-order valence-electron chi connectivity index (χ2n) is 20.2. The summed E-state index contributed by atoms with van der Waals surface area (Å²) in [6.07, 6.45) is -5.25. The van der Waals surface area contributed by atoms with Gasteiger partial charge in [-0.25, -0.2) is 0 Å². The summed E-state index contributed by atoms with van der Waals surface area (Å²) < 4.78 is 12.4. The Labute approximate surface area is 471 Å². The standard InChI is InChI=1S/C53H58Cl2N8O16S/c1-19(2)10-29(57-3)47(71)61-42-44(68)21-5-8-33(27(54)12-21)78-35-14-23-15-36(46(35)70)79-34-9-6-22(13-28(34)55)45(69)43-51(75)60-41(53(76)77)26-16-24(64)17-32(66)38(26)25-11-20(4-7-31(25)65)39(49(73)62-43)63-52(80)40(23)59-48(72)30(18-37(56)67)58-50(42)74/h4-9,12-16,19,24-25,29-30,39-45,51,57,60,64-66,68-70,75H,10-11,17-18H2,1-3H3,(H2,56,67)(H,58,74)(H,59,72)(H,61,71)(H,62,73)(H,63,80)(H,76,77)/t24?,25?,29-,30+,39-,40-,41+,42-,43+,44-,45-,51?/m1/s1. The summed E-state index contributed by atoms with van der Waals surface area (Å²) in [5, 5.41) is 110. The maximum Gasteiger partial charge on any atom is 0.325 e. The lowest BCUT2D eigenvalue weighted by atomic mass is 9.75. The van der Waals surface area contributed by atoms with Crippen LogP contribution in [-0.2, 0) is 28.8 Å². The van der Waals surface area contributed by atoms with Crippen LogP contribution in [-0.4, -0.2) is 137 Å². The molecule has 7 aliphatic rings. The van der Waals surface area contributed by atoms with Crippen LogP contribution in [0, 0.1) is 11.8 Å². The number of thiocarbonyl (C=S) groups is 1. The van der Waals surface area contributed by atoms with Gasteiger partial charge in [-0.15, -0.1) is 0 Å². The van der Waals surface area contributed by atoms with E-state index in [-0.39, 0.29) is 67.3 Å². The fraction of sp³-hybridized carbons (Fsp3) is 0.377. The molecule has 2 aliphatic carbocycles. The number of rotatable bonds is 8. The third-order valence-electron chi connectivity index (χ3n) is 14.1. The van der Waals surface area contributed by atoms with Gasteiger partial charge in [0.2, 0.25) is 35.3 Å². The summed E-state index contributed by atoms with van der Waals surface area (Å²) in [6.45, 7) is 3.72. The first-order valence-corrected chi connectivity index (χ1v) is 26.2. The first-order valence-electron chi connectivity index (χ1n) is 25.1. The van der Waals surface area contributed by atoms with Gasteiger partial charge in [0.05, 0.1) is 40.4 Å². The molecule has 0 aromatic heterocycles. The number of aliphatic hydroxyl groups excluding tert-OH is 6. The van der Waals surface area contributed by atoms with E-state index in [9.17, 15) is 64.8 Å². The molecular weight excluding hydrogens is 1110 g/mol. The zero-order chi connectivity index (χ0) is 58.2. The number of hydrogen-bond acceptors (Lipinski definition) is 18. The molecule has 1 fully saturated rings. The minimum absolute atomic E-state index is 0.00999. The third kappa shape index (κ3) is 12.5. The summed E-state index contributed by atoms with van der Waals surface area (Å²) in [6, 6.07) is -2.04. The van der Waals surface area contributed by atoms with Gasteiger partial charge in [0.25, 0.3) is 0 Å². The maximum atomic E-state index is 15.1. The molecule has 12 atom stereocenters. The van der Waals surface area contributed by atoms with Crippen LogP contribution in [0.4, 0.5) is 0 Å². The van der Waals surface area contributed by atoms with Crippen molar-refractivity contribution in [2.24, 2.45) is 17.6 Å². The quantitative estimate of drug-likeness (QED) is 0.144. The largest absolute Gasteiger partial charge is 0.512 e. The van der Waals surface area contributed by atoms with E-state index in [1.54, 1.807) is 0 Å². The molecule has 27 heteroatoms. The van der Waals surface area contributed by atoms with E-state index in [2.05, 4.69) is 37.2 Å². The van der Waals surface area contributed by atoms with Crippen LogP contribution in [0.5, 0.6) is 28.7 Å². The van der Waals surface area contributed by atoms with Crippen molar-refractivity contribution in [1.29, 1.82) is 0 Å². The van der Waals surface area contributed by atoms with Gasteiger partial charge in [0.15, 0.2) is 11.5 Å². The molecule has 5 amide bonds. The molecule has 80 heavy (non-hydrogen) atoms. The zero-order valence-corrected chi connectivity index (χ0v) is 45.1. The Bertz CT molecular complexity index is 3170. The monoisotopic (exact) mass is 1160 g/mol. The number of benzene rings is 3. The molecule has 0 saturated carbocycles. The average Bonchev–Trinajstić information content (AvgIpc) is 3.39. The Kier molecular flexibility index (Phi) is 17.8. The predicted molar refractivity (Wildman–Crippen MR) is 289 cm³/mol. The van der Waals surface area contributed by atoms with Gasteiger partial charge in [-0.2, -0.15) is 0 Å². The van der Waals surface area contributed by atoms with E-state index in [1.165, 1.54) is 67.7 Å². The maximum absolute atomic E-state index is 15.1. The summed E-state index contributed by atoms with van der Waals surface area (Å²) in [7, 11) is 1.52. The Morgan fingerprint density at radius 2 is 1.41 bits per heavy atom. The number of phenols is 1. The van der Waals surface area contributed by atoms with Crippen molar-refractivity contribution in [2.45, 2.75) is 106 Å². The average molecular weight is 1170 g/mol. The van der Waals surface area contributed by atoms with Gasteiger partial charge < -0.3 is 88.0 Å². The van der Waals surface area contributed by atoms with Crippen molar-refractivity contribution >= 4 is 75.9 Å². The fourth-order valence-corrected chi connectivity index (χ4v) is 10.8. The third-order valence-corrected chi connectivity index (χ3v) is 15.0. The number of phenolic OH excluding ortho intramolecular Hbond substituents is 1. The zero-order valence-electron chi connectivity index (χ0n) is 42.8. The number of nitrogens with one attached hydrogen (secondary N) is 7. The number of amides is 5. The van der Waals surface area contributed by atoms with Gasteiger partial charge in [0.1, 0.15) is 70.9 Å². The molecule has 3 unspecified atom stereocenters. The second-order valence-corrected chi connectivity index (χ2v) is 21.4. The fourth-order valence-electron chi connectivity index (χ4n) is 10.1. The number of primary amides is 1. The highest BCUT2D eigenvalue weighted by molar-refractivity contribution is 7.80. The van der Waals surface area contributed by atoms with Crippen LogP contribution in [0.1, 0.15) is 74.5 Å². The number of allylic oxidation sites excluding steroid dienone is 3. The number of ether oxygens (including phenoxy) is 2. The molecule has 24 nitrogen and oxygen atoms in total. The lowest BCUT2D eigenvalue weighted by Crippen LogP contribution is -2.61. The molecule has 11 bridgehead atoms. The van der Waals surface area contributed by atoms with Crippen molar-refractivity contribution < 1.29 is 79.1 Å². The van der Waals surface area contributed by atoms with Gasteiger partial charge in [-0.05, 0) is 102 Å². The molecule has 0 radical (unpaired) electrons. The number of carboxylic acids is 1. The molecule has 0 spiro atoms. The topological polar surface area (TPSA) is 393 Å². The van der Waals surface area contributed by atoms with Crippen LogP contribution in [0.2, 0.25) is 10.0 Å². The Hall–Kier alpha value is -7.33. The minimum Gasteiger partial charge on any atom is -0.512 e. The van der Waals surface area contributed by atoms with Gasteiger partial charge >= 0.3 is 5.97 Å². The normalized spacial score (nSPS) is 27.5. The van der Waals surface area contributed by atoms with Gasteiger partial charge in [0, 0.05) is 17.9 Å². The van der Waals surface area contributed by atoms with Gasteiger partial charge in [-0.1, -0.05) is 67.5 Å². The van der Waals surface area contributed by atoms with Crippen LogP contribution in [0.15, 0.2) is 95.0 Å². The molecule has 10 rings (SSSR count). The summed E-state index contributed by atoms with van der Waals surface area (Å²) >= 11 is 19.7. The number of hydrogen-bond donors (Lipinski definition) is 16.